The normalized spacial score (nSPS) is 23.7. The first-order chi connectivity index (χ1) is 10.1. The largest absolute Gasteiger partial charge is 0.355 e. The molecule has 2 fully saturated rings. The van der Waals surface area contributed by atoms with Crippen LogP contribution in [0, 0.1) is 11.8 Å². The third kappa shape index (κ3) is 4.70. The number of nitrogens with zero attached hydrogens (tertiary/aromatic N) is 2. The van der Waals surface area contributed by atoms with Gasteiger partial charge in [0.2, 0.25) is 11.8 Å². The van der Waals surface area contributed by atoms with Crippen LogP contribution < -0.4 is 5.32 Å². The molecule has 0 aliphatic carbocycles. The third-order valence-electron chi connectivity index (χ3n) is 4.72. The quantitative estimate of drug-likeness (QED) is 0.798. The fraction of sp³-hybridized carbons (Fsp3) is 0.875. The average Bonchev–Trinajstić information content (AvgIpc) is 2.92. The van der Waals surface area contributed by atoms with Gasteiger partial charge in [0, 0.05) is 32.6 Å². The summed E-state index contributed by atoms with van der Waals surface area (Å²) in [5, 5.41) is 2.75. The fourth-order valence-electron chi connectivity index (χ4n) is 3.33. The van der Waals surface area contributed by atoms with Crippen LogP contribution >= 0.6 is 0 Å². The van der Waals surface area contributed by atoms with Crippen LogP contribution in [-0.4, -0.2) is 61.4 Å². The number of carbonyl (C=O) groups is 2. The molecular formula is C16H29N3O2. The van der Waals surface area contributed by atoms with Gasteiger partial charge in [0.25, 0.3) is 0 Å². The Labute approximate surface area is 128 Å². The van der Waals surface area contributed by atoms with Crippen LogP contribution in [0.25, 0.3) is 0 Å². The Bertz CT molecular complexity index is 365. The number of carbonyl (C=O) groups excluding carboxylic acids is 2. The smallest absolute Gasteiger partial charge is 0.227 e. The molecule has 2 rings (SSSR count). The number of hydrogen-bond acceptors (Lipinski definition) is 3. The molecule has 5 heteroatoms. The zero-order chi connectivity index (χ0) is 15.2. The van der Waals surface area contributed by atoms with Crippen molar-refractivity contribution >= 4 is 11.8 Å². The van der Waals surface area contributed by atoms with Gasteiger partial charge in [0.1, 0.15) is 0 Å². The Morgan fingerprint density at radius 2 is 2.10 bits per heavy atom. The summed E-state index contributed by atoms with van der Waals surface area (Å²) >= 11 is 0. The fourth-order valence-corrected chi connectivity index (χ4v) is 3.33. The summed E-state index contributed by atoms with van der Waals surface area (Å²) in [6.07, 6.45) is 5.06. The molecule has 1 atom stereocenters. The summed E-state index contributed by atoms with van der Waals surface area (Å²) in [6, 6.07) is 0. The molecule has 2 aliphatic heterocycles. The molecule has 2 saturated heterocycles. The van der Waals surface area contributed by atoms with E-state index in [0.29, 0.717) is 18.9 Å². The van der Waals surface area contributed by atoms with Crippen molar-refractivity contribution in [3.8, 4) is 0 Å². The van der Waals surface area contributed by atoms with E-state index in [4.69, 9.17) is 0 Å². The van der Waals surface area contributed by atoms with E-state index in [1.54, 1.807) is 0 Å². The van der Waals surface area contributed by atoms with Crippen LogP contribution in [0.2, 0.25) is 0 Å². The van der Waals surface area contributed by atoms with Gasteiger partial charge >= 0.3 is 0 Å². The van der Waals surface area contributed by atoms with Crippen LogP contribution in [-0.2, 0) is 9.59 Å². The highest BCUT2D eigenvalue weighted by molar-refractivity contribution is 5.89. The zero-order valence-corrected chi connectivity index (χ0v) is 13.4. The van der Waals surface area contributed by atoms with Crippen LogP contribution in [0.1, 0.15) is 39.0 Å². The highest BCUT2D eigenvalue weighted by Crippen LogP contribution is 2.21. The van der Waals surface area contributed by atoms with Crippen LogP contribution in [0.5, 0.6) is 0 Å². The molecule has 0 bridgehead atoms. The maximum absolute atomic E-state index is 12.3. The van der Waals surface area contributed by atoms with Gasteiger partial charge in [0.15, 0.2) is 0 Å². The second-order valence-corrected chi connectivity index (χ2v) is 6.59. The first kappa shape index (κ1) is 16.3. The lowest BCUT2D eigenvalue weighted by atomic mass is 9.95. The summed E-state index contributed by atoms with van der Waals surface area (Å²) in [7, 11) is 2.20. The van der Waals surface area contributed by atoms with Gasteiger partial charge in [-0.1, -0.05) is 13.3 Å². The standard InChI is InChI=1S/C16H29N3O2/c1-3-4-7-18(2)12-13-5-8-19(9-6-13)16(21)14-10-15(20)17-11-14/h13-14H,3-12H2,1-2H3,(H,17,20). The Morgan fingerprint density at radius 1 is 1.38 bits per heavy atom. The molecule has 0 radical (unpaired) electrons. The Morgan fingerprint density at radius 3 is 2.67 bits per heavy atom. The van der Waals surface area contributed by atoms with E-state index < -0.39 is 0 Å². The molecule has 5 nitrogen and oxygen atoms in total. The van der Waals surface area contributed by atoms with Gasteiger partial charge in [-0.05, 0) is 38.8 Å². The zero-order valence-electron chi connectivity index (χ0n) is 13.4. The van der Waals surface area contributed by atoms with Crippen LogP contribution in [0.15, 0.2) is 0 Å². The van der Waals surface area contributed by atoms with Crippen molar-refractivity contribution in [1.29, 1.82) is 0 Å². The third-order valence-corrected chi connectivity index (χ3v) is 4.72. The first-order valence-corrected chi connectivity index (χ1v) is 8.34. The first-order valence-electron chi connectivity index (χ1n) is 8.34. The van der Waals surface area contributed by atoms with Crippen molar-refractivity contribution in [3.05, 3.63) is 0 Å². The minimum atomic E-state index is -0.124. The molecule has 2 aliphatic rings. The van der Waals surface area contributed by atoms with E-state index in [1.807, 2.05) is 4.90 Å². The minimum absolute atomic E-state index is 0.0146. The molecule has 0 aromatic rings. The second kappa shape index (κ2) is 7.78. The Kier molecular flexibility index (Phi) is 6.03. The van der Waals surface area contributed by atoms with E-state index in [0.717, 1.165) is 32.5 Å². The summed E-state index contributed by atoms with van der Waals surface area (Å²) in [6.45, 7) is 6.78. The van der Waals surface area contributed by atoms with E-state index in [2.05, 4.69) is 24.2 Å². The van der Waals surface area contributed by atoms with Crippen molar-refractivity contribution in [3.63, 3.8) is 0 Å². The lowest BCUT2D eigenvalue weighted by Gasteiger charge is -2.35. The van der Waals surface area contributed by atoms with Crippen LogP contribution in [0.4, 0.5) is 0 Å². The van der Waals surface area contributed by atoms with Crippen molar-refractivity contribution in [2.45, 2.75) is 39.0 Å². The van der Waals surface area contributed by atoms with Gasteiger partial charge in [-0.2, -0.15) is 0 Å². The molecule has 2 amide bonds. The molecule has 2 heterocycles. The van der Waals surface area contributed by atoms with Crippen molar-refractivity contribution in [1.82, 2.24) is 15.1 Å². The predicted octanol–water partition coefficient (Wildman–Crippen LogP) is 1.09. The molecule has 0 spiro atoms. The van der Waals surface area contributed by atoms with Crippen LogP contribution in [0.3, 0.4) is 0 Å². The number of likely N-dealkylation sites (tertiary alicyclic amines) is 1. The molecule has 1 unspecified atom stereocenters. The number of nitrogens with one attached hydrogen (secondary N) is 1. The minimum Gasteiger partial charge on any atom is -0.355 e. The van der Waals surface area contributed by atoms with Gasteiger partial charge in [-0.15, -0.1) is 0 Å². The average molecular weight is 295 g/mol. The molecule has 0 aromatic heterocycles. The molecule has 0 aromatic carbocycles. The summed E-state index contributed by atoms with van der Waals surface area (Å²) in [4.78, 5) is 27.9. The van der Waals surface area contributed by atoms with Gasteiger partial charge in [-0.25, -0.2) is 0 Å². The van der Waals surface area contributed by atoms with E-state index >= 15 is 0 Å². The van der Waals surface area contributed by atoms with Gasteiger partial charge in [0.05, 0.1) is 5.92 Å². The van der Waals surface area contributed by atoms with Crippen molar-refractivity contribution in [2.24, 2.45) is 11.8 Å². The molecule has 1 N–H and O–H groups in total. The molecular weight excluding hydrogens is 266 g/mol. The maximum Gasteiger partial charge on any atom is 0.227 e. The van der Waals surface area contributed by atoms with E-state index in [1.165, 1.54) is 19.4 Å². The number of unbranched alkanes of at least 4 members (excludes halogenated alkanes) is 1. The van der Waals surface area contributed by atoms with Crippen molar-refractivity contribution < 1.29 is 9.59 Å². The summed E-state index contributed by atoms with van der Waals surface area (Å²) in [5.41, 5.74) is 0. The van der Waals surface area contributed by atoms with E-state index in [9.17, 15) is 9.59 Å². The van der Waals surface area contributed by atoms with E-state index in [-0.39, 0.29) is 17.7 Å². The second-order valence-electron chi connectivity index (χ2n) is 6.59. The molecule has 21 heavy (non-hydrogen) atoms. The summed E-state index contributed by atoms with van der Waals surface area (Å²) < 4.78 is 0. The highest BCUT2D eigenvalue weighted by Gasteiger charge is 2.33. The molecule has 0 saturated carbocycles. The topological polar surface area (TPSA) is 52.6 Å². The lowest BCUT2D eigenvalue weighted by Crippen LogP contribution is -2.44. The summed E-state index contributed by atoms with van der Waals surface area (Å²) in [5.74, 6) is 0.771. The number of rotatable bonds is 6. The van der Waals surface area contributed by atoms with Crippen molar-refractivity contribution in [2.75, 3.05) is 39.8 Å². The predicted molar refractivity (Wildman–Crippen MR) is 82.8 cm³/mol. The highest BCUT2D eigenvalue weighted by atomic mass is 16.2. The number of amides is 2. The van der Waals surface area contributed by atoms with Gasteiger partial charge < -0.3 is 15.1 Å². The number of piperidine rings is 1. The van der Waals surface area contributed by atoms with Gasteiger partial charge in [-0.3, -0.25) is 9.59 Å². The SMILES string of the molecule is CCCCN(C)CC1CCN(C(=O)C2CNC(=O)C2)CC1. The Hall–Kier alpha value is -1.10. The Balaban J connectivity index is 1.70. The maximum atomic E-state index is 12.3. The lowest BCUT2D eigenvalue weighted by molar-refractivity contribution is -0.137. The monoisotopic (exact) mass is 295 g/mol. The molecule has 120 valence electrons. The number of hydrogen-bond donors (Lipinski definition) is 1.